The summed E-state index contributed by atoms with van der Waals surface area (Å²) in [6.45, 7) is 6.24. The number of thiazole rings is 1. The Morgan fingerprint density at radius 3 is 2.81 bits per heavy atom. The van der Waals surface area contributed by atoms with Crippen molar-refractivity contribution >= 4 is 17.2 Å². The maximum absolute atomic E-state index is 11.6. The molecule has 2 aliphatic heterocycles. The van der Waals surface area contributed by atoms with Crippen LogP contribution in [0.3, 0.4) is 0 Å². The number of rotatable bonds is 5. The largest absolute Gasteiger partial charge is 0.343 e. The van der Waals surface area contributed by atoms with Gasteiger partial charge in [0.2, 0.25) is 5.91 Å². The number of aryl methyl sites for hydroxylation is 2. The average Bonchev–Trinajstić information content (AvgIpc) is 3.30. The molecule has 0 spiro atoms. The summed E-state index contributed by atoms with van der Waals surface area (Å²) in [5.41, 5.74) is 4.47. The molecule has 4 rings (SSSR count). The molecule has 1 fully saturated rings. The first-order valence-corrected chi connectivity index (χ1v) is 10.5. The Morgan fingerprint density at radius 2 is 2.12 bits per heavy atom. The average molecular weight is 374 g/mol. The molecule has 0 atom stereocenters. The van der Waals surface area contributed by atoms with Crippen molar-refractivity contribution in [1.82, 2.24) is 24.6 Å². The second kappa shape index (κ2) is 7.88. The summed E-state index contributed by atoms with van der Waals surface area (Å²) in [7, 11) is 0. The number of likely N-dealkylation sites (tertiary alicyclic amines) is 1. The summed E-state index contributed by atoms with van der Waals surface area (Å²) in [6.07, 6.45) is 7.71. The van der Waals surface area contributed by atoms with E-state index in [4.69, 9.17) is 5.10 Å². The Bertz CT molecular complexity index is 710. The van der Waals surface area contributed by atoms with Gasteiger partial charge in [0, 0.05) is 62.5 Å². The second-order valence-corrected chi connectivity index (χ2v) is 8.39. The van der Waals surface area contributed by atoms with Crippen molar-refractivity contribution in [3.63, 3.8) is 0 Å². The van der Waals surface area contributed by atoms with Gasteiger partial charge in [0.25, 0.3) is 0 Å². The van der Waals surface area contributed by atoms with Gasteiger partial charge in [-0.25, -0.2) is 0 Å². The van der Waals surface area contributed by atoms with E-state index in [0.29, 0.717) is 6.04 Å². The highest BCUT2D eigenvalue weighted by Gasteiger charge is 2.27. The van der Waals surface area contributed by atoms with Crippen LogP contribution in [0.25, 0.3) is 0 Å². The first-order valence-electron chi connectivity index (χ1n) is 9.61. The first-order chi connectivity index (χ1) is 12.7. The van der Waals surface area contributed by atoms with Crippen LogP contribution in [-0.2, 0) is 30.8 Å². The van der Waals surface area contributed by atoms with Crippen molar-refractivity contribution in [3.05, 3.63) is 34.0 Å². The summed E-state index contributed by atoms with van der Waals surface area (Å²) in [5, 5.41) is 4.86. The number of nitrogens with zero attached hydrogens (tertiary/aromatic N) is 5. The molecule has 2 aromatic rings. The SMILES string of the molecule is CC(=O)N1CCC(N(Cc2cc3n(n2)CCCC3)Cc2cncs2)CC1. The zero-order valence-corrected chi connectivity index (χ0v) is 16.2. The van der Waals surface area contributed by atoms with Crippen LogP contribution in [0.5, 0.6) is 0 Å². The third-order valence-electron chi connectivity index (χ3n) is 5.60. The van der Waals surface area contributed by atoms with Gasteiger partial charge in [-0.2, -0.15) is 5.10 Å². The molecule has 2 aromatic heterocycles. The predicted octanol–water partition coefficient (Wildman–Crippen LogP) is 2.69. The number of carbonyl (C=O) groups is 1. The molecular weight excluding hydrogens is 346 g/mol. The van der Waals surface area contributed by atoms with E-state index in [1.807, 2.05) is 16.6 Å². The van der Waals surface area contributed by atoms with Crippen LogP contribution < -0.4 is 0 Å². The van der Waals surface area contributed by atoms with Crippen molar-refractivity contribution in [2.75, 3.05) is 13.1 Å². The van der Waals surface area contributed by atoms with E-state index in [2.05, 4.69) is 20.6 Å². The zero-order chi connectivity index (χ0) is 17.9. The molecule has 4 heterocycles. The van der Waals surface area contributed by atoms with Crippen LogP contribution in [0, 0.1) is 0 Å². The summed E-state index contributed by atoms with van der Waals surface area (Å²) in [4.78, 5) is 21.7. The Labute approximate surface area is 158 Å². The monoisotopic (exact) mass is 373 g/mol. The number of carbonyl (C=O) groups excluding carboxylic acids is 1. The fraction of sp³-hybridized carbons (Fsp3) is 0.632. The third-order valence-corrected chi connectivity index (χ3v) is 6.36. The molecule has 0 aromatic carbocycles. The number of hydrogen-bond donors (Lipinski definition) is 0. The summed E-state index contributed by atoms with van der Waals surface area (Å²) >= 11 is 1.72. The lowest BCUT2D eigenvalue weighted by Gasteiger charge is -2.37. The molecule has 2 aliphatic rings. The lowest BCUT2D eigenvalue weighted by molar-refractivity contribution is -0.130. The topological polar surface area (TPSA) is 54.3 Å². The van der Waals surface area contributed by atoms with Gasteiger partial charge in [0.15, 0.2) is 0 Å². The number of aromatic nitrogens is 3. The van der Waals surface area contributed by atoms with Crippen molar-refractivity contribution in [2.45, 2.75) is 64.7 Å². The standard InChI is InChI=1S/C19H27N5OS/c1-15(25)22-8-5-17(6-9-22)23(13-19-11-20-14-26-19)12-16-10-18-4-2-3-7-24(18)21-16/h10-11,14,17H,2-9,12-13H2,1H3. The summed E-state index contributed by atoms with van der Waals surface area (Å²) in [6, 6.07) is 2.79. The Hall–Kier alpha value is -1.73. The van der Waals surface area contributed by atoms with Gasteiger partial charge >= 0.3 is 0 Å². The molecule has 0 unspecified atom stereocenters. The predicted molar refractivity (Wildman–Crippen MR) is 102 cm³/mol. The highest BCUT2D eigenvalue weighted by Crippen LogP contribution is 2.24. The van der Waals surface area contributed by atoms with E-state index in [1.165, 1.54) is 29.1 Å². The van der Waals surface area contributed by atoms with Crippen LogP contribution >= 0.6 is 11.3 Å². The van der Waals surface area contributed by atoms with E-state index in [9.17, 15) is 4.79 Å². The van der Waals surface area contributed by atoms with Crippen LogP contribution in [-0.4, -0.2) is 49.6 Å². The van der Waals surface area contributed by atoms with Crippen LogP contribution in [0.4, 0.5) is 0 Å². The van der Waals surface area contributed by atoms with Gasteiger partial charge in [0.1, 0.15) is 0 Å². The number of hydrogen-bond acceptors (Lipinski definition) is 5. The van der Waals surface area contributed by atoms with E-state index in [-0.39, 0.29) is 5.91 Å². The van der Waals surface area contributed by atoms with Crippen molar-refractivity contribution < 1.29 is 4.79 Å². The molecule has 0 aliphatic carbocycles. The molecule has 0 radical (unpaired) electrons. The maximum atomic E-state index is 11.6. The highest BCUT2D eigenvalue weighted by molar-refractivity contribution is 7.09. The lowest BCUT2D eigenvalue weighted by Crippen LogP contribution is -2.45. The third kappa shape index (κ3) is 3.99. The smallest absolute Gasteiger partial charge is 0.219 e. The minimum atomic E-state index is 0.194. The van der Waals surface area contributed by atoms with E-state index >= 15 is 0 Å². The van der Waals surface area contributed by atoms with Crippen molar-refractivity contribution in [3.8, 4) is 0 Å². The molecule has 140 valence electrons. The highest BCUT2D eigenvalue weighted by atomic mass is 32.1. The molecular formula is C19H27N5OS. The van der Waals surface area contributed by atoms with Gasteiger partial charge in [0.05, 0.1) is 11.2 Å². The Balaban J connectivity index is 1.47. The second-order valence-electron chi connectivity index (χ2n) is 7.42. The minimum Gasteiger partial charge on any atom is -0.343 e. The van der Waals surface area contributed by atoms with Crippen molar-refractivity contribution in [1.29, 1.82) is 0 Å². The van der Waals surface area contributed by atoms with Crippen LogP contribution in [0.1, 0.15) is 48.9 Å². The molecule has 1 saturated heterocycles. The molecule has 0 bridgehead atoms. The molecule has 1 amide bonds. The Kier molecular flexibility index (Phi) is 5.36. The lowest BCUT2D eigenvalue weighted by atomic mass is 10.0. The first kappa shape index (κ1) is 17.7. The molecule has 26 heavy (non-hydrogen) atoms. The van der Waals surface area contributed by atoms with Crippen LogP contribution in [0.15, 0.2) is 17.8 Å². The number of amides is 1. The maximum Gasteiger partial charge on any atom is 0.219 e. The fourth-order valence-corrected chi connectivity index (χ4v) is 4.76. The Morgan fingerprint density at radius 1 is 1.27 bits per heavy atom. The summed E-state index contributed by atoms with van der Waals surface area (Å²) < 4.78 is 2.20. The molecule has 6 nitrogen and oxygen atoms in total. The minimum absolute atomic E-state index is 0.194. The molecule has 0 N–H and O–H groups in total. The number of piperidine rings is 1. The van der Waals surface area contributed by atoms with Crippen LogP contribution in [0.2, 0.25) is 0 Å². The molecule has 7 heteroatoms. The zero-order valence-electron chi connectivity index (χ0n) is 15.4. The van der Waals surface area contributed by atoms with Gasteiger partial charge in [-0.05, 0) is 38.2 Å². The normalized spacial score (nSPS) is 18.3. The van der Waals surface area contributed by atoms with Gasteiger partial charge < -0.3 is 4.90 Å². The van der Waals surface area contributed by atoms with E-state index in [0.717, 1.165) is 52.0 Å². The van der Waals surface area contributed by atoms with E-state index < -0.39 is 0 Å². The molecule has 0 saturated carbocycles. The van der Waals surface area contributed by atoms with Gasteiger partial charge in [-0.1, -0.05) is 0 Å². The number of fused-ring (bicyclic) bond motifs is 1. The van der Waals surface area contributed by atoms with Gasteiger partial charge in [-0.15, -0.1) is 11.3 Å². The van der Waals surface area contributed by atoms with Crippen molar-refractivity contribution in [2.24, 2.45) is 0 Å². The van der Waals surface area contributed by atoms with E-state index in [1.54, 1.807) is 18.3 Å². The summed E-state index contributed by atoms with van der Waals surface area (Å²) in [5.74, 6) is 0.194. The quantitative estimate of drug-likeness (QED) is 0.809. The van der Waals surface area contributed by atoms with Gasteiger partial charge in [-0.3, -0.25) is 19.4 Å². The fourth-order valence-electron chi connectivity index (χ4n) is 4.14.